The van der Waals surface area contributed by atoms with E-state index in [1.165, 1.54) is 4.31 Å². The molecular formula is C20H26N2O4S. The van der Waals surface area contributed by atoms with E-state index in [0.717, 1.165) is 22.9 Å². The number of benzene rings is 2. The van der Waals surface area contributed by atoms with Crippen molar-refractivity contribution in [3.8, 4) is 5.75 Å². The standard InChI is InChI=1S/C20H26N2O4S/c1-15-11-16(2)13-18(12-15)22(27(4,24)25)10-9-20(23)21-14-17-7-5-6-8-19(17)26-3/h5-8,11-13H,9-10,14H2,1-4H3,(H,21,23). The van der Waals surface area contributed by atoms with Crippen molar-refractivity contribution < 1.29 is 17.9 Å². The molecule has 0 atom stereocenters. The van der Waals surface area contributed by atoms with E-state index in [9.17, 15) is 13.2 Å². The number of rotatable bonds is 8. The Morgan fingerprint density at radius 1 is 1.11 bits per heavy atom. The number of ether oxygens (including phenoxy) is 1. The molecule has 0 saturated heterocycles. The quantitative estimate of drug-likeness (QED) is 0.752. The van der Waals surface area contributed by atoms with Gasteiger partial charge < -0.3 is 10.1 Å². The highest BCUT2D eigenvalue weighted by molar-refractivity contribution is 7.92. The highest BCUT2D eigenvalue weighted by atomic mass is 32.2. The lowest BCUT2D eigenvalue weighted by atomic mass is 10.1. The molecular weight excluding hydrogens is 364 g/mol. The van der Waals surface area contributed by atoms with Crippen molar-refractivity contribution in [2.24, 2.45) is 0 Å². The smallest absolute Gasteiger partial charge is 0.232 e. The van der Waals surface area contributed by atoms with E-state index >= 15 is 0 Å². The number of nitrogens with zero attached hydrogens (tertiary/aromatic N) is 1. The van der Waals surface area contributed by atoms with E-state index in [0.29, 0.717) is 18.0 Å². The van der Waals surface area contributed by atoms with Crippen LogP contribution in [-0.2, 0) is 21.4 Å². The second-order valence-electron chi connectivity index (χ2n) is 6.52. The third-order valence-electron chi connectivity index (χ3n) is 4.11. The molecule has 0 aromatic heterocycles. The number of hydrogen-bond donors (Lipinski definition) is 1. The van der Waals surface area contributed by atoms with Crippen molar-refractivity contribution in [1.29, 1.82) is 0 Å². The SMILES string of the molecule is COc1ccccc1CNC(=O)CCN(c1cc(C)cc(C)c1)S(C)(=O)=O. The summed E-state index contributed by atoms with van der Waals surface area (Å²) in [5.41, 5.74) is 3.38. The summed E-state index contributed by atoms with van der Waals surface area (Å²) < 4.78 is 31.0. The van der Waals surface area contributed by atoms with Crippen LogP contribution in [0.1, 0.15) is 23.1 Å². The van der Waals surface area contributed by atoms with E-state index in [2.05, 4.69) is 5.32 Å². The fraction of sp³-hybridized carbons (Fsp3) is 0.350. The lowest BCUT2D eigenvalue weighted by molar-refractivity contribution is -0.121. The Kier molecular flexibility index (Phi) is 6.85. The van der Waals surface area contributed by atoms with Crippen molar-refractivity contribution in [2.75, 3.05) is 24.2 Å². The monoisotopic (exact) mass is 390 g/mol. The molecule has 2 aromatic carbocycles. The molecule has 0 aliphatic heterocycles. The van der Waals surface area contributed by atoms with Crippen LogP contribution in [0.15, 0.2) is 42.5 Å². The maximum Gasteiger partial charge on any atom is 0.232 e. The second kappa shape index (κ2) is 8.90. The van der Waals surface area contributed by atoms with Gasteiger partial charge in [-0.1, -0.05) is 24.3 Å². The van der Waals surface area contributed by atoms with Gasteiger partial charge in [0.15, 0.2) is 0 Å². The Labute approximate surface area is 161 Å². The summed E-state index contributed by atoms with van der Waals surface area (Å²) in [6.07, 6.45) is 1.21. The highest BCUT2D eigenvalue weighted by Gasteiger charge is 2.19. The Balaban J connectivity index is 2.03. The van der Waals surface area contributed by atoms with Crippen LogP contribution in [0.5, 0.6) is 5.75 Å². The minimum atomic E-state index is -3.49. The van der Waals surface area contributed by atoms with Crippen LogP contribution in [0.4, 0.5) is 5.69 Å². The van der Waals surface area contributed by atoms with Gasteiger partial charge in [-0.15, -0.1) is 0 Å². The molecule has 1 N–H and O–H groups in total. The van der Waals surface area contributed by atoms with Crippen LogP contribution in [0.2, 0.25) is 0 Å². The molecule has 1 amide bonds. The molecule has 146 valence electrons. The van der Waals surface area contributed by atoms with Crippen molar-refractivity contribution in [1.82, 2.24) is 5.32 Å². The lowest BCUT2D eigenvalue weighted by Gasteiger charge is -2.23. The molecule has 2 aromatic rings. The molecule has 0 bridgehead atoms. The Hall–Kier alpha value is -2.54. The number of anilines is 1. The number of amides is 1. The molecule has 0 aliphatic carbocycles. The summed E-state index contributed by atoms with van der Waals surface area (Å²) in [5, 5.41) is 2.81. The van der Waals surface area contributed by atoms with Crippen LogP contribution in [-0.4, -0.2) is 34.2 Å². The third kappa shape index (κ3) is 5.99. The van der Waals surface area contributed by atoms with Crippen molar-refractivity contribution in [3.05, 3.63) is 59.2 Å². The Morgan fingerprint density at radius 3 is 2.33 bits per heavy atom. The van der Waals surface area contributed by atoms with Gasteiger partial charge in [-0.05, 0) is 43.2 Å². The molecule has 0 unspecified atom stereocenters. The van der Waals surface area contributed by atoms with E-state index in [1.54, 1.807) is 19.2 Å². The maximum absolute atomic E-state index is 12.2. The van der Waals surface area contributed by atoms with Gasteiger partial charge in [-0.3, -0.25) is 9.10 Å². The number of aryl methyl sites for hydroxylation is 2. The number of carbonyl (C=O) groups is 1. The van der Waals surface area contributed by atoms with E-state index in [-0.39, 0.29) is 18.9 Å². The van der Waals surface area contributed by atoms with Crippen LogP contribution in [0.3, 0.4) is 0 Å². The fourth-order valence-corrected chi connectivity index (χ4v) is 3.83. The minimum Gasteiger partial charge on any atom is -0.496 e. The molecule has 7 heteroatoms. The molecule has 0 spiro atoms. The largest absolute Gasteiger partial charge is 0.496 e. The number of methoxy groups -OCH3 is 1. The van der Waals surface area contributed by atoms with Gasteiger partial charge in [0.1, 0.15) is 5.75 Å². The van der Waals surface area contributed by atoms with Crippen LogP contribution >= 0.6 is 0 Å². The lowest BCUT2D eigenvalue weighted by Crippen LogP contribution is -2.34. The second-order valence-corrected chi connectivity index (χ2v) is 8.43. The number of nitrogens with one attached hydrogen (secondary N) is 1. The van der Waals surface area contributed by atoms with Gasteiger partial charge in [0.25, 0.3) is 0 Å². The van der Waals surface area contributed by atoms with Crippen LogP contribution < -0.4 is 14.4 Å². The molecule has 27 heavy (non-hydrogen) atoms. The summed E-state index contributed by atoms with van der Waals surface area (Å²) in [4.78, 5) is 12.2. The van der Waals surface area contributed by atoms with Gasteiger partial charge in [0, 0.05) is 25.1 Å². The van der Waals surface area contributed by atoms with E-state index < -0.39 is 10.0 Å². The number of hydrogen-bond acceptors (Lipinski definition) is 4. The number of carbonyl (C=O) groups excluding carboxylic acids is 1. The summed E-state index contributed by atoms with van der Waals surface area (Å²) in [6, 6.07) is 13.0. The first-order chi connectivity index (χ1) is 12.7. The zero-order valence-corrected chi connectivity index (χ0v) is 17.0. The van der Waals surface area contributed by atoms with E-state index in [4.69, 9.17) is 4.74 Å². The normalized spacial score (nSPS) is 11.1. The van der Waals surface area contributed by atoms with Gasteiger partial charge in [0.2, 0.25) is 15.9 Å². The summed E-state index contributed by atoms with van der Waals surface area (Å²) in [6.45, 7) is 4.23. The van der Waals surface area contributed by atoms with Crippen molar-refractivity contribution in [3.63, 3.8) is 0 Å². The minimum absolute atomic E-state index is 0.0647. The van der Waals surface area contributed by atoms with Crippen molar-refractivity contribution in [2.45, 2.75) is 26.8 Å². The first-order valence-corrected chi connectivity index (χ1v) is 10.5. The topological polar surface area (TPSA) is 75.7 Å². The maximum atomic E-state index is 12.2. The molecule has 0 fully saturated rings. The van der Waals surface area contributed by atoms with Gasteiger partial charge in [0.05, 0.1) is 19.1 Å². The number of para-hydroxylation sites is 1. The zero-order chi connectivity index (χ0) is 20.0. The molecule has 0 radical (unpaired) electrons. The Morgan fingerprint density at radius 2 is 1.74 bits per heavy atom. The van der Waals surface area contributed by atoms with Crippen LogP contribution in [0, 0.1) is 13.8 Å². The predicted octanol–water partition coefficient (Wildman–Crippen LogP) is 2.78. The Bertz CT molecular complexity index is 890. The molecule has 0 saturated carbocycles. The predicted molar refractivity (Wildman–Crippen MR) is 108 cm³/mol. The number of sulfonamides is 1. The molecule has 2 rings (SSSR count). The van der Waals surface area contributed by atoms with Gasteiger partial charge in [-0.2, -0.15) is 0 Å². The van der Waals surface area contributed by atoms with E-state index in [1.807, 2.05) is 44.2 Å². The molecule has 0 aliphatic rings. The summed E-state index contributed by atoms with van der Waals surface area (Å²) >= 11 is 0. The first kappa shape index (κ1) is 20.8. The molecule has 0 heterocycles. The van der Waals surface area contributed by atoms with Gasteiger partial charge in [-0.25, -0.2) is 8.42 Å². The molecule has 6 nitrogen and oxygen atoms in total. The van der Waals surface area contributed by atoms with Crippen LogP contribution in [0.25, 0.3) is 0 Å². The highest BCUT2D eigenvalue weighted by Crippen LogP contribution is 2.22. The fourth-order valence-electron chi connectivity index (χ4n) is 2.92. The third-order valence-corrected chi connectivity index (χ3v) is 5.30. The zero-order valence-electron chi connectivity index (χ0n) is 16.2. The van der Waals surface area contributed by atoms with Gasteiger partial charge >= 0.3 is 0 Å². The van der Waals surface area contributed by atoms with Crippen molar-refractivity contribution >= 4 is 21.6 Å². The summed E-state index contributed by atoms with van der Waals surface area (Å²) in [5.74, 6) is 0.477. The average Bonchev–Trinajstić information content (AvgIpc) is 2.58. The average molecular weight is 391 g/mol. The summed E-state index contributed by atoms with van der Waals surface area (Å²) in [7, 11) is -1.91. The first-order valence-electron chi connectivity index (χ1n) is 8.65.